The number of hydrogen-bond donors (Lipinski definition) is 1. The third-order valence-corrected chi connectivity index (χ3v) is 4.22. The van der Waals surface area contributed by atoms with Crippen molar-refractivity contribution in [3.05, 3.63) is 65.1 Å². The minimum atomic E-state index is -0.0170. The Morgan fingerprint density at radius 1 is 1.25 bits per heavy atom. The highest BCUT2D eigenvalue weighted by Crippen LogP contribution is 2.28. The van der Waals surface area contributed by atoms with Crippen LogP contribution in [0.4, 0.5) is 0 Å². The van der Waals surface area contributed by atoms with Crippen LogP contribution in [0.2, 0.25) is 0 Å². The van der Waals surface area contributed by atoms with Crippen molar-refractivity contribution in [1.82, 2.24) is 4.98 Å². The molecule has 4 heteroatoms. The highest BCUT2D eigenvalue weighted by molar-refractivity contribution is 7.13. The Kier molecular flexibility index (Phi) is 3.67. The van der Waals surface area contributed by atoms with Crippen molar-refractivity contribution in [2.24, 2.45) is 5.73 Å². The summed E-state index contributed by atoms with van der Waals surface area (Å²) < 4.78 is 5.32. The summed E-state index contributed by atoms with van der Waals surface area (Å²) in [5.74, 6) is 0.901. The zero-order chi connectivity index (χ0) is 13.9. The lowest BCUT2D eigenvalue weighted by atomic mass is 10.0. The van der Waals surface area contributed by atoms with Crippen LogP contribution in [-0.2, 0) is 6.42 Å². The van der Waals surface area contributed by atoms with Gasteiger partial charge >= 0.3 is 0 Å². The third kappa shape index (κ3) is 2.66. The van der Waals surface area contributed by atoms with Gasteiger partial charge in [0.25, 0.3) is 0 Å². The Morgan fingerprint density at radius 3 is 2.75 bits per heavy atom. The normalized spacial score (nSPS) is 12.5. The fourth-order valence-corrected chi connectivity index (χ4v) is 3.08. The van der Waals surface area contributed by atoms with E-state index < -0.39 is 0 Å². The van der Waals surface area contributed by atoms with Gasteiger partial charge in [-0.1, -0.05) is 30.3 Å². The molecule has 0 saturated carbocycles. The first-order chi connectivity index (χ1) is 9.74. The molecule has 1 unspecified atom stereocenters. The molecule has 0 saturated heterocycles. The van der Waals surface area contributed by atoms with Crippen molar-refractivity contribution in [3.63, 3.8) is 0 Å². The van der Waals surface area contributed by atoms with Gasteiger partial charge in [-0.25, -0.2) is 4.98 Å². The number of nitrogens with two attached hydrogens (primary N) is 1. The van der Waals surface area contributed by atoms with Crippen LogP contribution in [0.15, 0.2) is 52.5 Å². The fraction of sp³-hybridized carbons (Fsp3) is 0.188. The van der Waals surface area contributed by atoms with Gasteiger partial charge in [-0.3, -0.25) is 0 Å². The number of benzene rings is 1. The Balaban J connectivity index is 1.77. The van der Waals surface area contributed by atoms with Crippen LogP contribution in [0, 0.1) is 6.92 Å². The van der Waals surface area contributed by atoms with Crippen LogP contribution in [0.25, 0.3) is 10.6 Å². The Hall–Kier alpha value is -1.91. The SMILES string of the molecule is Cc1occc1-c1nc(CC(N)c2ccccc2)cs1. The second kappa shape index (κ2) is 5.61. The Labute approximate surface area is 122 Å². The first kappa shape index (κ1) is 13.1. The maximum Gasteiger partial charge on any atom is 0.127 e. The molecule has 0 fully saturated rings. The second-order valence-corrected chi connectivity index (χ2v) is 5.61. The first-order valence-electron chi connectivity index (χ1n) is 6.53. The van der Waals surface area contributed by atoms with E-state index in [1.54, 1.807) is 17.6 Å². The number of aromatic nitrogens is 1. The van der Waals surface area contributed by atoms with Crippen molar-refractivity contribution < 1.29 is 4.42 Å². The molecule has 2 heterocycles. The van der Waals surface area contributed by atoms with Gasteiger partial charge < -0.3 is 10.2 Å². The van der Waals surface area contributed by atoms with Crippen LogP contribution < -0.4 is 5.73 Å². The molecule has 3 nitrogen and oxygen atoms in total. The average molecular weight is 284 g/mol. The van der Waals surface area contributed by atoms with Gasteiger partial charge in [0.2, 0.25) is 0 Å². The summed E-state index contributed by atoms with van der Waals surface area (Å²) in [6.45, 7) is 1.95. The molecule has 1 atom stereocenters. The Bertz CT molecular complexity index is 687. The van der Waals surface area contributed by atoms with E-state index in [1.807, 2.05) is 31.2 Å². The quantitative estimate of drug-likeness (QED) is 0.789. The van der Waals surface area contributed by atoms with Crippen LogP contribution >= 0.6 is 11.3 Å². The minimum Gasteiger partial charge on any atom is -0.469 e. The summed E-state index contributed by atoms with van der Waals surface area (Å²) in [5, 5.41) is 3.07. The molecular weight excluding hydrogens is 268 g/mol. The van der Waals surface area contributed by atoms with E-state index in [4.69, 9.17) is 10.2 Å². The predicted octanol–water partition coefficient (Wildman–Crippen LogP) is 3.95. The highest BCUT2D eigenvalue weighted by Gasteiger charge is 2.12. The summed E-state index contributed by atoms with van der Waals surface area (Å²) >= 11 is 1.63. The van der Waals surface area contributed by atoms with E-state index in [0.717, 1.165) is 34.0 Å². The summed E-state index contributed by atoms with van der Waals surface area (Å²) in [4.78, 5) is 4.66. The first-order valence-corrected chi connectivity index (χ1v) is 7.41. The van der Waals surface area contributed by atoms with Gasteiger partial charge in [0.1, 0.15) is 10.8 Å². The summed E-state index contributed by atoms with van der Waals surface area (Å²) in [7, 11) is 0. The van der Waals surface area contributed by atoms with Crippen LogP contribution in [-0.4, -0.2) is 4.98 Å². The van der Waals surface area contributed by atoms with E-state index in [2.05, 4.69) is 22.5 Å². The number of hydrogen-bond acceptors (Lipinski definition) is 4. The van der Waals surface area contributed by atoms with Crippen molar-refractivity contribution >= 4 is 11.3 Å². The molecule has 3 rings (SSSR count). The largest absolute Gasteiger partial charge is 0.469 e. The number of aryl methyl sites for hydroxylation is 1. The van der Waals surface area contributed by atoms with E-state index >= 15 is 0 Å². The van der Waals surface area contributed by atoms with E-state index in [1.165, 1.54) is 0 Å². The molecule has 102 valence electrons. The van der Waals surface area contributed by atoms with Gasteiger partial charge in [0.05, 0.1) is 17.5 Å². The summed E-state index contributed by atoms with van der Waals surface area (Å²) in [6, 6.07) is 12.1. The number of thiazole rings is 1. The van der Waals surface area contributed by atoms with Gasteiger partial charge in [-0.15, -0.1) is 11.3 Å². The van der Waals surface area contributed by atoms with Crippen LogP contribution in [0.5, 0.6) is 0 Å². The standard InChI is InChI=1S/C16H16N2OS/c1-11-14(7-8-19-11)16-18-13(10-20-16)9-15(17)12-5-3-2-4-6-12/h2-8,10,15H,9,17H2,1H3. The maximum absolute atomic E-state index is 6.23. The zero-order valence-electron chi connectivity index (χ0n) is 11.2. The van der Waals surface area contributed by atoms with Gasteiger partial charge in [0.15, 0.2) is 0 Å². The topological polar surface area (TPSA) is 52.0 Å². The van der Waals surface area contributed by atoms with Crippen molar-refractivity contribution in [1.29, 1.82) is 0 Å². The summed E-state index contributed by atoms with van der Waals surface area (Å²) in [5.41, 5.74) is 9.47. The van der Waals surface area contributed by atoms with Crippen molar-refractivity contribution in [3.8, 4) is 10.6 Å². The molecule has 0 radical (unpaired) electrons. The fourth-order valence-electron chi connectivity index (χ4n) is 2.17. The lowest BCUT2D eigenvalue weighted by Crippen LogP contribution is -2.13. The van der Waals surface area contributed by atoms with E-state index in [9.17, 15) is 0 Å². The van der Waals surface area contributed by atoms with Gasteiger partial charge in [0, 0.05) is 17.8 Å². The number of nitrogens with zero attached hydrogens (tertiary/aromatic N) is 1. The average Bonchev–Trinajstić information content (AvgIpc) is 3.08. The smallest absolute Gasteiger partial charge is 0.127 e. The predicted molar refractivity (Wildman–Crippen MR) is 81.6 cm³/mol. The van der Waals surface area contributed by atoms with Crippen molar-refractivity contribution in [2.75, 3.05) is 0 Å². The lowest BCUT2D eigenvalue weighted by Gasteiger charge is -2.09. The molecule has 0 spiro atoms. The molecule has 20 heavy (non-hydrogen) atoms. The molecule has 0 amide bonds. The minimum absolute atomic E-state index is 0.0170. The second-order valence-electron chi connectivity index (χ2n) is 4.76. The lowest BCUT2D eigenvalue weighted by molar-refractivity contribution is 0.535. The van der Waals surface area contributed by atoms with Crippen LogP contribution in [0.1, 0.15) is 23.1 Å². The maximum atomic E-state index is 6.23. The molecular formula is C16H16N2OS. The molecule has 2 N–H and O–H groups in total. The van der Waals surface area contributed by atoms with E-state index in [0.29, 0.717) is 0 Å². The molecule has 0 bridgehead atoms. The van der Waals surface area contributed by atoms with Gasteiger partial charge in [-0.2, -0.15) is 0 Å². The van der Waals surface area contributed by atoms with Crippen molar-refractivity contribution in [2.45, 2.75) is 19.4 Å². The molecule has 3 aromatic rings. The summed E-state index contributed by atoms with van der Waals surface area (Å²) in [6.07, 6.45) is 2.44. The number of rotatable bonds is 4. The molecule has 0 aliphatic rings. The Morgan fingerprint density at radius 2 is 2.05 bits per heavy atom. The molecule has 0 aliphatic carbocycles. The zero-order valence-corrected chi connectivity index (χ0v) is 12.1. The molecule has 0 aliphatic heterocycles. The van der Waals surface area contributed by atoms with E-state index in [-0.39, 0.29) is 6.04 Å². The highest BCUT2D eigenvalue weighted by atomic mass is 32.1. The van der Waals surface area contributed by atoms with Crippen LogP contribution in [0.3, 0.4) is 0 Å². The van der Waals surface area contributed by atoms with Gasteiger partial charge in [-0.05, 0) is 18.6 Å². The molecule has 1 aromatic carbocycles. The number of furan rings is 1. The third-order valence-electron chi connectivity index (χ3n) is 3.30. The monoisotopic (exact) mass is 284 g/mol. The molecule has 2 aromatic heterocycles.